The van der Waals surface area contributed by atoms with Gasteiger partial charge >= 0.3 is 0 Å². The SMILES string of the molecule is c1ccc2c(c1)oc1ccc(-n3c4ccccc4c4cc(C5(c6ccc7c(c6)c6ccccc6n7-c6ccc7oc8ccccc8c7c6)CCCCC5)ccc43)cc12. The van der Waals surface area contributed by atoms with Crippen LogP contribution in [0.25, 0.3) is 98.9 Å². The van der Waals surface area contributed by atoms with E-state index in [0.29, 0.717) is 0 Å². The summed E-state index contributed by atoms with van der Waals surface area (Å²) in [5.41, 5.74) is 13.6. The Bertz CT molecular complexity index is 3390. The average Bonchev–Trinajstić information content (AvgIpc) is 4.03. The Kier molecular flexibility index (Phi) is 6.63. The number of rotatable bonds is 4. The molecule has 0 N–H and O–H groups in total. The first-order valence-electron chi connectivity index (χ1n) is 20.6. The van der Waals surface area contributed by atoms with Gasteiger partial charge in [0, 0.05) is 59.9 Å². The quantitative estimate of drug-likeness (QED) is 0.180. The van der Waals surface area contributed by atoms with Gasteiger partial charge in [0.1, 0.15) is 22.3 Å². The minimum absolute atomic E-state index is 0.0870. The molecule has 58 heavy (non-hydrogen) atoms. The summed E-state index contributed by atoms with van der Waals surface area (Å²) in [5, 5.41) is 9.74. The third-order valence-corrected chi connectivity index (χ3v) is 13.4. The van der Waals surface area contributed by atoms with Crippen LogP contribution in [0, 0.1) is 0 Å². The van der Waals surface area contributed by atoms with Crippen molar-refractivity contribution < 1.29 is 8.83 Å². The Morgan fingerprint density at radius 3 is 1.24 bits per heavy atom. The van der Waals surface area contributed by atoms with E-state index in [1.807, 2.05) is 12.1 Å². The smallest absolute Gasteiger partial charge is 0.135 e. The minimum atomic E-state index is -0.0870. The Balaban J connectivity index is 0.992. The van der Waals surface area contributed by atoms with Crippen molar-refractivity contribution >= 4 is 87.5 Å². The van der Waals surface area contributed by atoms with Gasteiger partial charge in [-0.3, -0.25) is 0 Å². The molecule has 12 aromatic rings. The molecule has 4 heteroatoms. The highest BCUT2D eigenvalue weighted by molar-refractivity contribution is 6.12. The van der Waals surface area contributed by atoms with E-state index in [4.69, 9.17) is 8.83 Å². The first-order chi connectivity index (χ1) is 28.7. The van der Waals surface area contributed by atoms with E-state index in [2.05, 4.69) is 167 Å². The standard InChI is InChI=1S/C54H38N2O2/c1-10-28-54(29-11-1,34-20-24-48-42(30-34)38-12-2-6-16-46(38)55(48)36-22-26-52-44(32-36)40-14-4-8-18-50(40)57-52)35-21-25-49-43(31-35)39-13-3-7-17-47(39)56(49)37-23-27-53-45(33-37)41-15-5-9-19-51(41)58-53/h2-9,12-27,30-33H,1,10-11,28-29H2. The van der Waals surface area contributed by atoms with Crippen molar-refractivity contribution in [3.63, 3.8) is 0 Å². The normalized spacial score (nSPS) is 14.7. The number of hydrogen-bond acceptors (Lipinski definition) is 2. The molecule has 0 radical (unpaired) electrons. The van der Waals surface area contributed by atoms with Crippen molar-refractivity contribution in [3.8, 4) is 11.4 Å². The molecule has 0 aliphatic heterocycles. The van der Waals surface area contributed by atoms with Gasteiger partial charge in [0.05, 0.1) is 22.1 Å². The van der Waals surface area contributed by atoms with Crippen molar-refractivity contribution in [2.75, 3.05) is 0 Å². The molecular formula is C54H38N2O2. The maximum atomic E-state index is 6.22. The lowest BCUT2D eigenvalue weighted by atomic mass is 9.65. The number of hydrogen-bond donors (Lipinski definition) is 0. The largest absolute Gasteiger partial charge is 0.456 e. The van der Waals surface area contributed by atoms with Crippen LogP contribution in [0.15, 0.2) is 179 Å². The van der Waals surface area contributed by atoms with E-state index in [1.165, 1.54) is 74.0 Å². The molecule has 8 aromatic carbocycles. The lowest BCUT2D eigenvalue weighted by molar-refractivity contribution is 0.346. The topological polar surface area (TPSA) is 36.1 Å². The van der Waals surface area contributed by atoms with Crippen molar-refractivity contribution in [2.24, 2.45) is 0 Å². The van der Waals surface area contributed by atoms with Crippen LogP contribution in [0.5, 0.6) is 0 Å². The van der Waals surface area contributed by atoms with Crippen LogP contribution < -0.4 is 0 Å². The second-order valence-electron chi connectivity index (χ2n) is 16.4. The molecule has 0 atom stereocenters. The van der Waals surface area contributed by atoms with Crippen LogP contribution in [0.3, 0.4) is 0 Å². The van der Waals surface area contributed by atoms with Gasteiger partial charge in [0.15, 0.2) is 0 Å². The predicted molar refractivity (Wildman–Crippen MR) is 240 cm³/mol. The number of furan rings is 2. The Hall–Kier alpha value is -7.04. The highest BCUT2D eigenvalue weighted by atomic mass is 16.3. The number of fused-ring (bicyclic) bond motifs is 12. The molecule has 276 valence electrons. The maximum Gasteiger partial charge on any atom is 0.135 e. The average molecular weight is 747 g/mol. The van der Waals surface area contributed by atoms with E-state index in [0.717, 1.165) is 68.1 Å². The molecule has 0 saturated heterocycles. The summed E-state index contributed by atoms with van der Waals surface area (Å²) < 4.78 is 17.3. The molecule has 1 fully saturated rings. The van der Waals surface area contributed by atoms with Crippen LogP contribution in [0.1, 0.15) is 43.2 Å². The van der Waals surface area contributed by atoms with Crippen LogP contribution in [0.4, 0.5) is 0 Å². The summed E-state index contributed by atoms with van der Waals surface area (Å²) in [7, 11) is 0. The van der Waals surface area contributed by atoms with E-state index >= 15 is 0 Å². The number of benzene rings is 8. The second-order valence-corrected chi connectivity index (χ2v) is 16.4. The lowest BCUT2D eigenvalue weighted by Crippen LogP contribution is -2.30. The Labute approximate surface area is 334 Å². The van der Waals surface area contributed by atoms with Gasteiger partial charge in [0.25, 0.3) is 0 Å². The summed E-state index contributed by atoms with van der Waals surface area (Å²) >= 11 is 0. The van der Waals surface area contributed by atoms with Gasteiger partial charge in [-0.05, 0) is 109 Å². The van der Waals surface area contributed by atoms with Crippen molar-refractivity contribution in [1.29, 1.82) is 0 Å². The lowest BCUT2D eigenvalue weighted by Gasteiger charge is -2.39. The van der Waals surface area contributed by atoms with Gasteiger partial charge in [0.2, 0.25) is 0 Å². The third-order valence-electron chi connectivity index (χ3n) is 13.4. The number of aromatic nitrogens is 2. The monoisotopic (exact) mass is 746 g/mol. The van der Waals surface area contributed by atoms with Crippen molar-refractivity contribution in [2.45, 2.75) is 37.5 Å². The van der Waals surface area contributed by atoms with E-state index in [-0.39, 0.29) is 5.41 Å². The van der Waals surface area contributed by atoms with Gasteiger partial charge in [-0.25, -0.2) is 0 Å². The van der Waals surface area contributed by atoms with Crippen LogP contribution in [-0.4, -0.2) is 9.13 Å². The molecule has 4 nitrogen and oxygen atoms in total. The van der Waals surface area contributed by atoms with E-state index in [9.17, 15) is 0 Å². The summed E-state index contributed by atoms with van der Waals surface area (Å²) in [6.07, 6.45) is 5.99. The zero-order valence-electron chi connectivity index (χ0n) is 31.9. The molecule has 13 rings (SSSR count). The van der Waals surface area contributed by atoms with Crippen molar-refractivity contribution in [3.05, 3.63) is 181 Å². The molecule has 4 aromatic heterocycles. The first-order valence-corrected chi connectivity index (χ1v) is 20.6. The molecule has 4 heterocycles. The predicted octanol–water partition coefficient (Wildman–Crippen LogP) is 14.9. The molecular weight excluding hydrogens is 709 g/mol. The second kappa shape index (κ2) is 12.0. The summed E-state index contributed by atoms with van der Waals surface area (Å²) in [6, 6.07) is 62.4. The van der Waals surface area contributed by atoms with E-state index in [1.54, 1.807) is 0 Å². The highest BCUT2D eigenvalue weighted by Crippen LogP contribution is 2.48. The fraction of sp³-hybridized carbons (Fsp3) is 0.111. The Morgan fingerprint density at radius 1 is 0.328 bits per heavy atom. The molecule has 0 spiro atoms. The highest BCUT2D eigenvalue weighted by Gasteiger charge is 2.37. The zero-order valence-corrected chi connectivity index (χ0v) is 31.9. The molecule has 0 unspecified atom stereocenters. The number of para-hydroxylation sites is 4. The van der Waals surface area contributed by atoms with Crippen LogP contribution in [-0.2, 0) is 5.41 Å². The van der Waals surface area contributed by atoms with Crippen LogP contribution >= 0.6 is 0 Å². The summed E-state index contributed by atoms with van der Waals surface area (Å²) in [4.78, 5) is 0. The van der Waals surface area contributed by atoms with Gasteiger partial charge < -0.3 is 18.0 Å². The van der Waals surface area contributed by atoms with Gasteiger partial charge in [-0.2, -0.15) is 0 Å². The molecule has 1 aliphatic carbocycles. The minimum Gasteiger partial charge on any atom is -0.456 e. The van der Waals surface area contributed by atoms with Crippen molar-refractivity contribution in [1.82, 2.24) is 9.13 Å². The van der Waals surface area contributed by atoms with Crippen LogP contribution in [0.2, 0.25) is 0 Å². The molecule has 0 amide bonds. The fourth-order valence-corrected chi connectivity index (χ4v) is 10.7. The number of nitrogens with zero attached hydrogens (tertiary/aromatic N) is 2. The third kappa shape index (κ3) is 4.46. The van der Waals surface area contributed by atoms with Gasteiger partial charge in [-0.1, -0.05) is 104 Å². The van der Waals surface area contributed by atoms with E-state index < -0.39 is 0 Å². The zero-order chi connectivity index (χ0) is 38.0. The van der Waals surface area contributed by atoms with Gasteiger partial charge in [-0.15, -0.1) is 0 Å². The Morgan fingerprint density at radius 2 is 0.741 bits per heavy atom. The first kappa shape index (κ1) is 32.1. The maximum absolute atomic E-state index is 6.22. The summed E-state index contributed by atoms with van der Waals surface area (Å²) in [6.45, 7) is 0. The summed E-state index contributed by atoms with van der Waals surface area (Å²) in [5.74, 6) is 0. The molecule has 0 bridgehead atoms. The molecule has 1 aliphatic rings. The fourth-order valence-electron chi connectivity index (χ4n) is 10.7. The molecule has 1 saturated carbocycles.